The molecule has 132 valence electrons. The number of hydrogen-bond acceptors (Lipinski definition) is 2. The van der Waals surface area contributed by atoms with Gasteiger partial charge in [0.25, 0.3) is 0 Å². The number of nitrogens with zero attached hydrogens (tertiary/aromatic N) is 1. The number of carboxylic acid groups (broad SMARTS) is 1. The summed E-state index contributed by atoms with van der Waals surface area (Å²) in [6, 6.07) is 14.6. The molecule has 0 bridgehead atoms. The Bertz CT molecular complexity index is 727. The van der Waals surface area contributed by atoms with Gasteiger partial charge in [-0.15, -0.1) is 0 Å². The largest absolute Gasteiger partial charge is 0.493 e. The SMILES string of the molecule is Cc1ccc2c(c1OCCCc1ccccc1)CCN(C(=O)O)CC2. The predicted octanol–water partition coefficient (Wildman–Crippen LogP) is 4.09. The van der Waals surface area contributed by atoms with E-state index in [4.69, 9.17) is 4.74 Å². The van der Waals surface area contributed by atoms with E-state index in [9.17, 15) is 9.90 Å². The number of rotatable bonds is 5. The summed E-state index contributed by atoms with van der Waals surface area (Å²) < 4.78 is 6.14. The number of ether oxygens (including phenoxy) is 1. The lowest BCUT2D eigenvalue weighted by Crippen LogP contribution is -2.31. The first-order chi connectivity index (χ1) is 12.1. The highest BCUT2D eigenvalue weighted by molar-refractivity contribution is 5.65. The van der Waals surface area contributed by atoms with Crippen molar-refractivity contribution in [3.63, 3.8) is 0 Å². The molecule has 0 radical (unpaired) electrons. The van der Waals surface area contributed by atoms with Gasteiger partial charge in [-0.2, -0.15) is 0 Å². The summed E-state index contributed by atoms with van der Waals surface area (Å²) in [7, 11) is 0. The van der Waals surface area contributed by atoms with E-state index in [-0.39, 0.29) is 0 Å². The number of carbonyl (C=O) groups is 1. The number of benzene rings is 2. The monoisotopic (exact) mass is 339 g/mol. The second-order valence-electron chi connectivity index (χ2n) is 6.56. The summed E-state index contributed by atoms with van der Waals surface area (Å²) >= 11 is 0. The Labute approximate surface area is 149 Å². The van der Waals surface area contributed by atoms with E-state index in [0.29, 0.717) is 19.7 Å². The first-order valence-electron chi connectivity index (χ1n) is 8.91. The van der Waals surface area contributed by atoms with Crippen LogP contribution >= 0.6 is 0 Å². The zero-order valence-corrected chi connectivity index (χ0v) is 14.7. The summed E-state index contributed by atoms with van der Waals surface area (Å²) in [6.45, 7) is 3.83. The fourth-order valence-electron chi connectivity index (χ4n) is 3.40. The predicted molar refractivity (Wildman–Crippen MR) is 98.4 cm³/mol. The molecule has 3 rings (SSSR count). The van der Waals surface area contributed by atoms with Crippen LogP contribution in [0.1, 0.15) is 28.7 Å². The Balaban J connectivity index is 1.65. The summed E-state index contributed by atoms with van der Waals surface area (Å²) in [5, 5.41) is 9.24. The van der Waals surface area contributed by atoms with Crippen molar-refractivity contribution in [1.82, 2.24) is 4.90 Å². The summed E-state index contributed by atoms with van der Waals surface area (Å²) in [5.74, 6) is 0.956. The Morgan fingerprint density at radius 2 is 1.88 bits per heavy atom. The van der Waals surface area contributed by atoms with E-state index in [1.165, 1.54) is 21.6 Å². The lowest BCUT2D eigenvalue weighted by atomic mass is 9.99. The third kappa shape index (κ3) is 4.32. The van der Waals surface area contributed by atoms with E-state index < -0.39 is 6.09 Å². The summed E-state index contributed by atoms with van der Waals surface area (Å²) in [4.78, 5) is 12.7. The van der Waals surface area contributed by atoms with Gasteiger partial charge in [0, 0.05) is 13.1 Å². The van der Waals surface area contributed by atoms with Crippen LogP contribution in [0.3, 0.4) is 0 Å². The highest BCUT2D eigenvalue weighted by atomic mass is 16.5. The highest BCUT2D eigenvalue weighted by Crippen LogP contribution is 2.30. The standard InChI is InChI=1S/C21H25NO3/c1-16-9-10-18-11-13-22(21(23)24)14-12-19(18)20(16)25-15-5-8-17-6-3-2-4-7-17/h2-4,6-7,9-10H,5,8,11-15H2,1H3,(H,23,24). The van der Waals surface area contributed by atoms with Crippen LogP contribution in [-0.4, -0.2) is 35.8 Å². The molecule has 0 aromatic heterocycles. The van der Waals surface area contributed by atoms with Crippen LogP contribution in [0.5, 0.6) is 5.75 Å². The van der Waals surface area contributed by atoms with E-state index in [1.54, 1.807) is 0 Å². The van der Waals surface area contributed by atoms with Crippen molar-refractivity contribution in [2.24, 2.45) is 0 Å². The minimum Gasteiger partial charge on any atom is -0.493 e. The molecule has 1 heterocycles. The van der Waals surface area contributed by atoms with Crippen LogP contribution in [-0.2, 0) is 19.3 Å². The van der Waals surface area contributed by atoms with Gasteiger partial charge in [-0.3, -0.25) is 0 Å². The van der Waals surface area contributed by atoms with E-state index in [2.05, 4.69) is 43.3 Å². The third-order valence-electron chi connectivity index (χ3n) is 4.81. The molecule has 2 aromatic carbocycles. The molecule has 2 aromatic rings. The second kappa shape index (κ2) is 8.06. The van der Waals surface area contributed by atoms with E-state index in [0.717, 1.165) is 37.0 Å². The molecule has 0 fully saturated rings. The zero-order valence-electron chi connectivity index (χ0n) is 14.7. The molecule has 0 unspecified atom stereocenters. The normalized spacial score (nSPS) is 13.9. The van der Waals surface area contributed by atoms with Gasteiger partial charge in [-0.25, -0.2) is 4.79 Å². The van der Waals surface area contributed by atoms with Gasteiger partial charge in [0.15, 0.2) is 0 Å². The smallest absolute Gasteiger partial charge is 0.407 e. The maximum absolute atomic E-state index is 11.3. The Hall–Kier alpha value is -2.49. The Kier molecular flexibility index (Phi) is 5.59. The molecule has 0 spiro atoms. The van der Waals surface area contributed by atoms with Crippen LogP contribution in [0.2, 0.25) is 0 Å². The van der Waals surface area contributed by atoms with Crippen LogP contribution in [0.4, 0.5) is 4.79 Å². The van der Waals surface area contributed by atoms with Crippen LogP contribution < -0.4 is 4.74 Å². The molecular weight excluding hydrogens is 314 g/mol. The Morgan fingerprint density at radius 3 is 2.64 bits per heavy atom. The number of hydrogen-bond donors (Lipinski definition) is 1. The van der Waals surface area contributed by atoms with Crippen LogP contribution in [0.15, 0.2) is 42.5 Å². The van der Waals surface area contributed by atoms with Crippen molar-refractivity contribution < 1.29 is 14.6 Å². The van der Waals surface area contributed by atoms with Crippen molar-refractivity contribution in [2.45, 2.75) is 32.6 Å². The molecular formula is C21H25NO3. The van der Waals surface area contributed by atoms with Crippen LogP contribution in [0.25, 0.3) is 0 Å². The molecule has 4 heteroatoms. The molecule has 1 aliphatic rings. The van der Waals surface area contributed by atoms with Crippen LogP contribution in [0, 0.1) is 6.92 Å². The fraction of sp³-hybridized carbons (Fsp3) is 0.381. The fourth-order valence-corrected chi connectivity index (χ4v) is 3.40. The topological polar surface area (TPSA) is 49.8 Å². The van der Waals surface area contributed by atoms with Gasteiger partial charge < -0.3 is 14.7 Å². The second-order valence-corrected chi connectivity index (χ2v) is 6.56. The summed E-state index contributed by atoms with van der Waals surface area (Å²) in [6.07, 6.45) is 2.60. The summed E-state index contributed by atoms with van der Waals surface area (Å²) in [5.41, 5.74) is 4.85. The van der Waals surface area contributed by atoms with Gasteiger partial charge in [0.2, 0.25) is 0 Å². The van der Waals surface area contributed by atoms with Gasteiger partial charge in [0.1, 0.15) is 5.75 Å². The lowest BCUT2D eigenvalue weighted by Gasteiger charge is -2.17. The molecule has 1 N–H and O–H groups in total. The molecule has 0 saturated carbocycles. The van der Waals surface area contributed by atoms with Crippen molar-refractivity contribution in [3.8, 4) is 5.75 Å². The van der Waals surface area contributed by atoms with Gasteiger partial charge >= 0.3 is 6.09 Å². The molecule has 0 saturated heterocycles. The van der Waals surface area contributed by atoms with E-state index >= 15 is 0 Å². The molecule has 1 aliphatic heterocycles. The van der Waals surface area contributed by atoms with E-state index in [1.807, 2.05) is 6.07 Å². The van der Waals surface area contributed by atoms with Gasteiger partial charge in [-0.1, -0.05) is 42.5 Å². The molecule has 4 nitrogen and oxygen atoms in total. The zero-order chi connectivity index (χ0) is 17.6. The average Bonchev–Trinajstić information content (AvgIpc) is 2.84. The van der Waals surface area contributed by atoms with Crippen molar-refractivity contribution >= 4 is 6.09 Å². The minimum atomic E-state index is -0.838. The molecule has 0 atom stereocenters. The van der Waals surface area contributed by atoms with Crippen molar-refractivity contribution in [2.75, 3.05) is 19.7 Å². The first-order valence-corrected chi connectivity index (χ1v) is 8.91. The highest BCUT2D eigenvalue weighted by Gasteiger charge is 2.21. The lowest BCUT2D eigenvalue weighted by molar-refractivity contribution is 0.147. The van der Waals surface area contributed by atoms with Crippen molar-refractivity contribution in [1.29, 1.82) is 0 Å². The maximum Gasteiger partial charge on any atom is 0.407 e. The quantitative estimate of drug-likeness (QED) is 0.835. The number of fused-ring (bicyclic) bond motifs is 1. The first kappa shape index (κ1) is 17.3. The molecule has 1 amide bonds. The number of amides is 1. The van der Waals surface area contributed by atoms with Gasteiger partial charge in [0.05, 0.1) is 6.61 Å². The molecule has 0 aliphatic carbocycles. The minimum absolute atomic E-state index is 0.534. The van der Waals surface area contributed by atoms with Gasteiger partial charge in [-0.05, 0) is 54.9 Å². The third-order valence-corrected chi connectivity index (χ3v) is 4.81. The maximum atomic E-state index is 11.3. The molecule has 25 heavy (non-hydrogen) atoms. The Morgan fingerprint density at radius 1 is 1.12 bits per heavy atom. The average molecular weight is 339 g/mol. The van der Waals surface area contributed by atoms with Crippen molar-refractivity contribution in [3.05, 3.63) is 64.7 Å². The number of aryl methyl sites for hydroxylation is 2.